The van der Waals surface area contributed by atoms with Gasteiger partial charge < -0.3 is 14.5 Å². The maximum Gasteiger partial charge on any atom is 0.147 e. The fourth-order valence-electron chi connectivity index (χ4n) is 3.15. The van der Waals surface area contributed by atoms with Crippen molar-refractivity contribution in [3.05, 3.63) is 53.8 Å². The summed E-state index contributed by atoms with van der Waals surface area (Å²) in [5.74, 6) is -0.215. The lowest BCUT2D eigenvalue weighted by Gasteiger charge is -2.29. The second kappa shape index (κ2) is 8.81. The van der Waals surface area contributed by atoms with Gasteiger partial charge in [-0.05, 0) is 55.8 Å². The molecule has 0 spiro atoms. The summed E-state index contributed by atoms with van der Waals surface area (Å²) in [4.78, 5) is 8.77. The van der Waals surface area contributed by atoms with Gasteiger partial charge in [-0.3, -0.25) is 4.99 Å². The molecule has 5 heteroatoms. The predicted molar refractivity (Wildman–Crippen MR) is 107 cm³/mol. The van der Waals surface area contributed by atoms with Crippen LogP contribution in [0.4, 0.5) is 21.5 Å². The molecule has 2 aromatic rings. The number of halogens is 1. The van der Waals surface area contributed by atoms with E-state index in [1.165, 1.54) is 5.69 Å². The summed E-state index contributed by atoms with van der Waals surface area (Å²) < 4.78 is 19.8. The van der Waals surface area contributed by atoms with Crippen molar-refractivity contribution in [1.82, 2.24) is 0 Å². The van der Waals surface area contributed by atoms with Crippen LogP contribution >= 0.6 is 0 Å². The van der Waals surface area contributed by atoms with Crippen LogP contribution in [0.25, 0.3) is 0 Å². The van der Waals surface area contributed by atoms with E-state index in [9.17, 15) is 4.39 Å². The van der Waals surface area contributed by atoms with Crippen LogP contribution in [0.3, 0.4) is 0 Å². The van der Waals surface area contributed by atoms with Crippen molar-refractivity contribution >= 4 is 23.3 Å². The van der Waals surface area contributed by atoms with E-state index in [1.807, 2.05) is 29.2 Å². The van der Waals surface area contributed by atoms with Crippen LogP contribution in [0.15, 0.2) is 47.5 Å². The van der Waals surface area contributed by atoms with E-state index in [1.54, 1.807) is 12.3 Å². The lowest BCUT2D eigenvalue weighted by Crippen LogP contribution is -2.36. The Kier molecular flexibility index (Phi) is 6.23. The van der Waals surface area contributed by atoms with Gasteiger partial charge in [-0.25, -0.2) is 4.39 Å². The van der Waals surface area contributed by atoms with Gasteiger partial charge in [0.2, 0.25) is 0 Å². The first kappa shape index (κ1) is 18.4. The van der Waals surface area contributed by atoms with E-state index in [2.05, 4.69) is 35.9 Å². The zero-order valence-electron chi connectivity index (χ0n) is 15.5. The Morgan fingerprint density at radius 2 is 1.77 bits per heavy atom. The van der Waals surface area contributed by atoms with Crippen LogP contribution in [0.2, 0.25) is 0 Å². The topological polar surface area (TPSA) is 28.1 Å². The Bertz CT molecular complexity index is 735. The molecular formula is C21H26FN3O. The van der Waals surface area contributed by atoms with Gasteiger partial charge in [-0.2, -0.15) is 0 Å². The molecule has 2 aromatic carbocycles. The summed E-state index contributed by atoms with van der Waals surface area (Å²) in [5, 5.41) is 0. The van der Waals surface area contributed by atoms with Crippen molar-refractivity contribution in [3.8, 4) is 0 Å². The average molecular weight is 355 g/mol. The Morgan fingerprint density at radius 3 is 2.38 bits per heavy atom. The Balaban J connectivity index is 1.69. The number of morpholine rings is 1. The van der Waals surface area contributed by atoms with Crippen molar-refractivity contribution in [2.24, 2.45) is 4.99 Å². The van der Waals surface area contributed by atoms with E-state index in [0.29, 0.717) is 18.9 Å². The number of hydrogen-bond donors (Lipinski definition) is 0. The fraction of sp³-hybridized carbons (Fsp3) is 0.381. The highest BCUT2D eigenvalue weighted by molar-refractivity contribution is 5.82. The zero-order valence-corrected chi connectivity index (χ0v) is 15.5. The Labute approximate surface area is 154 Å². The van der Waals surface area contributed by atoms with E-state index < -0.39 is 0 Å². The van der Waals surface area contributed by atoms with Crippen molar-refractivity contribution in [1.29, 1.82) is 0 Å². The van der Waals surface area contributed by atoms with Crippen molar-refractivity contribution in [3.63, 3.8) is 0 Å². The average Bonchev–Trinajstić information content (AvgIpc) is 2.69. The lowest BCUT2D eigenvalue weighted by molar-refractivity contribution is 0.122. The molecule has 0 bridgehead atoms. The molecule has 26 heavy (non-hydrogen) atoms. The van der Waals surface area contributed by atoms with Crippen LogP contribution in [0, 0.1) is 5.82 Å². The largest absolute Gasteiger partial charge is 0.378 e. The monoisotopic (exact) mass is 355 g/mol. The first-order valence-electron chi connectivity index (χ1n) is 9.22. The van der Waals surface area contributed by atoms with Gasteiger partial charge in [0.15, 0.2) is 0 Å². The molecule has 4 nitrogen and oxygen atoms in total. The van der Waals surface area contributed by atoms with Crippen LogP contribution in [0.5, 0.6) is 0 Å². The zero-order chi connectivity index (χ0) is 18.4. The fourth-order valence-corrected chi connectivity index (χ4v) is 3.15. The van der Waals surface area contributed by atoms with Gasteiger partial charge in [0, 0.05) is 38.1 Å². The van der Waals surface area contributed by atoms with Gasteiger partial charge in [-0.1, -0.05) is 6.07 Å². The number of nitrogens with zero attached hydrogens (tertiary/aromatic N) is 3. The highest BCUT2D eigenvalue weighted by atomic mass is 19.1. The van der Waals surface area contributed by atoms with Crippen LogP contribution < -0.4 is 9.80 Å². The van der Waals surface area contributed by atoms with Crippen molar-refractivity contribution in [2.45, 2.75) is 13.8 Å². The van der Waals surface area contributed by atoms with Gasteiger partial charge in [0.25, 0.3) is 0 Å². The molecule has 0 aliphatic carbocycles. The number of aliphatic imine (C=N–C) groups is 1. The molecule has 3 rings (SSSR count). The summed E-state index contributed by atoms with van der Waals surface area (Å²) >= 11 is 0. The summed E-state index contributed by atoms with van der Waals surface area (Å²) in [6.45, 7) is 8.99. The molecular weight excluding hydrogens is 329 g/mol. The highest BCUT2D eigenvalue weighted by Gasteiger charge is 2.14. The maximum atomic E-state index is 14.4. The minimum absolute atomic E-state index is 0.215. The van der Waals surface area contributed by atoms with Gasteiger partial charge in [0.05, 0.1) is 24.6 Å². The standard InChI is InChI=1S/C21H26FN3O/c1-3-24(4-2)19-8-6-18(7-9-19)23-16-17-5-10-21(20(22)15-17)25-11-13-26-14-12-25/h5-10,15-16H,3-4,11-14H2,1-2H3. The van der Waals surface area contributed by atoms with Gasteiger partial charge >= 0.3 is 0 Å². The van der Waals surface area contributed by atoms with E-state index in [4.69, 9.17) is 4.74 Å². The molecule has 0 unspecified atom stereocenters. The number of rotatable bonds is 6. The third kappa shape index (κ3) is 4.41. The van der Waals surface area contributed by atoms with Crippen LogP contribution in [-0.2, 0) is 4.74 Å². The molecule has 0 N–H and O–H groups in total. The van der Waals surface area contributed by atoms with E-state index in [-0.39, 0.29) is 5.82 Å². The Hall–Kier alpha value is -2.40. The number of anilines is 2. The molecule has 0 aromatic heterocycles. The number of benzene rings is 2. The highest BCUT2D eigenvalue weighted by Crippen LogP contribution is 2.22. The summed E-state index contributed by atoms with van der Waals surface area (Å²) in [5.41, 5.74) is 3.44. The molecule has 0 amide bonds. The second-order valence-electron chi connectivity index (χ2n) is 6.26. The SMILES string of the molecule is CCN(CC)c1ccc(N=Cc2ccc(N3CCOCC3)c(F)c2)cc1. The molecule has 1 fully saturated rings. The van der Waals surface area contributed by atoms with Crippen molar-refractivity contribution < 1.29 is 9.13 Å². The first-order valence-corrected chi connectivity index (χ1v) is 9.22. The van der Waals surface area contributed by atoms with Gasteiger partial charge in [0.1, 0.15) is 5.82 Å². The normalized spacial score (nSPS) is 14.8. The molecule has 1 aliphatic rings. The summed E-state index contributed by atoms with van der Waals surface area (Å²) in [7, 11) is 0. The van der Waals surface area contributed by atoms with E-state index in [0.717, 1.165) is 37.4 Å². The summed E-state index contributed by atoms with van der Waals surface area (Å²) in [6.07, 6.45) is 1.71. The van der Waals surface area contributed by atoms with E-state index >= 15 is 0 Å². The Morgan fingerprint density at radius 1 is 1.08 bits per heavy atom. The molecule has 1 heterocycles. The minimum Gasteiger partial charge on any atom is -0.378 e. The molecule has 138 valence electrons. The third-order valence-electron chi connectivity index (χ3n) is 4.66. The first-order chi connectivity index (χ1) is 12.7. The van der Waals surface area contributed by atoms with Crippen LogP contribution in [-0.4, -0.2) is 45.6 Å². The second-order valence-corrected chi connectivity index (χ2v) is 6.26. The molecule has 0 atom stereocenters. The third-order valence-corrected chi connectivity index (χ3v) is 4.66. The van der Waals surface area contributed by atoms with Crippen molar-refractivity contribution in [2.75, 3.05) is 49.2 Å². The smallest absolute Gasteiger partial charge is 0.147 e. The molecule has 1 saturated heterocycles. The quantitative estimate of drug-likeness (QED) is 0.725. The number of ether oxygens (including phenoxy) is 1. The van der Waals surface area contributed by atoms with Crippen LogP contribution in [0.1, 0.15) is 19.4 Å². The summed E-state index contributed by atoms with van der Waals surface area (Å²) in [6, 6.07) is 13.4. The molecule has 0 saturated carbocycles. The predicted octanol–water partition coefficient (Wildman–Crippen LogP) is 4.26. The number of hydrogen-bond acceptors (Lipinski definition) is 4. The maximum absolute atomic E-state index is 14.4. The lowest BCUT2D eigenvalue weighted by atomic mass is 10.2. The van der Waals surface area contributed by atoms with Gasteiger partial charge in [-0.15, -0.1) is 0 Å². The molecule has 0 radical (unpaired) electrons. The molecule has 1 aliphatic heterocycles. The minimum atomic E-state index is -0.215.